The Balaban J connectivity index is 2.72. The van der Waals surface area contributed by atoms with E-state index >= 15 is 0 Å². The largest absolute Gasteiger partial charge is 0.406 e. The standard InChI is InChI=1S/C13H15F3N2/c1-3-10-6-12(5-4-9(10)2)18-8-11(7-17)13(14,15)16/h4-6,11,18H,3,8H2,1-2H3. The van der Waals surface area contributed by atoms with Crippen molar-refractivity contribution in [3.63, 3.8) is 0 Å². The summed E-state index contributed by atoms with van der Waals surface area (Å²) >= 11 is 0. The minimum Gasteiger partial charge on any atom is -0.383 e. The summed E-state index contributed by atoms with van der Waals surface area (Å²) in [5, 5.41) is 11.1. The van der Waals surface area contributed by atoms with E-state index in [9.17, 15) is 13.2 Å². The van der Waals surface area contributed by atoms with E-state index in [1.54, 1.807) is 6.07 Å². The lowest BCUT2D eigenvalue weighted by Gasteiger charge is -2.15. The molecule has 0 aliphatic rings. The van der Waals surface area contributed by atoms with Gasteiger partial charge in [-0.05, 0) is 36.6 Å². The van der Waals surface area contributed by atoms with Gasteiger partial charge in [0.25, 0.3) is 0 Å². The van der Waals surface area contributed by atoms with Crippen LogP contribution in [0, 0.1) is 24.2 Å². The van der Waals surface area contributed by atoms with Gasteiger partial charge in [0.15, 0.2) is 5.92 Å². The van der Waals surface area contributed by atoms with Crippen molar-refractivity contribution in [3.05, 3.63) is 29.3 Å². The molecule has 0 bridgehead atoms. The Hall–Kier alpha value is -1.70. The molecule has 0 amide bonds. The number of aryl methyl sites for hydroxylation is 2. The van der Waals surface area contributed by atoms with Crippen molar-refractivity contribution in [2.24, 2.45) is 5.92 Å². The summed E-state index contributed by atoms with van der Waals surface area (Å²) in [4.78, 5) is 0. The lowest BCUT2D eigenvalue weighted by atomic mass is 10.1. The number of benzene rings is 1. The average molecular weight is 256 g/mol. The van der Waals surface area contributed by atoms with E-state index in [1.807, 2.05) is 26.0 Å². The molecule has 1 unspecified atom stereocenters. The van der Waals surface area contributed by atoms with Crippen LogP contribution >= 0.6 is 0 Å². The third-order valence-corrected chi connectivity index (χ3v) is 2.79. The molecular formula is C13H15F3N2. The van der Waals surface area contributed by atoms with Crippen molar-refractivity contribution in [1.82, 2.24) is 0 Å². The Morgan fingerprint density at radius 1 is 1.39 bits per heavy atom. The van der Waals surface area contributed by atoms with Crippen LogP contribution < -0.4 is 5.32 Å². The zero-order valence-electron chi connectivity index (χ0n) is 10.3. The minimum atomic E-state index is -4.49. The topological polar surface area (TPSA) is 35.8 Å². The van der Waals surface area contributed by atoms with E-state index in [1.165, 1.54) is 6.07 Å². The third-order valence-electron chi connectivity index (χ3n) is 2.79. The van der Waals surface area contributed by atoms with Crippen LogP contribution in [-0.4, -0.2) is 12.7 Å². The molecule has 1 aromatic rings. The number of halogens is 3. The normalized spacial score (nSPS) is 12.9. The zero-order chi connectivity index (χ0) is 13.8. The van der Waals surface area contributed by atoms with Crippen molar-refractivity contribution in [1.29, 1.82) is 5.26 Å². The molecule has 1 rings (SSSR count). The Labute approximate surface area is 104 Å². The van der Waals surface area contributed by atoms with E-state index < -0.39 is 18.6 Å². The second-order valence-corrected chi connectivity index (χ2v) is 4.10. The molecule has 0 spiro atoms. The Kier molecular flexibility index (Phi) is 4.60. The number of nitrogens with zero attached hydrogens (tertiary/aromatic N) is 1. The van der Waals surface area contributed by atoms with Crippen LogP contribution in [0.25, 0.3) is 0 Å². The Morgan fingerprint density at radius 2 is 2.06 bits per heavy atom. The molecule has 0 aliphatic carbocycles. The highest BCUT2D eigenvalue weighted by Gasteiger charge is 2.39. The molecular weight excluding hydrogens is 241 g/mol. The summed E-state index contributed by atoms with van der Waals surface area (Å²) in [6, 6.07) is 6.66. The first kappa shape index (κ1) is 14.4. The van der Waals surface area contributed by atoms with E-state index in [0.29, 0.717) is 5.69 Å². The van der Waals surface area contributed by atoms with Crippen LogP contribution in [0.4, 0.5) is 18.9 Å². The number of hydrogen-bond acceptors (Lipinski definition) is 2. The van der Waals surface area contributed by atoms with Gasteiger partial charge in [-0.2, -0.15) is 18.4 Å². The minimum absolute atomic E-state index is 0.424. The quantitative estimate of drug-likeness (QED) is 0.892. The molecule has 98 valence electrons. The summed E-state index contributed by atoms with van der Waals surface area (Å²) in [6.07, 6.45) is -3.66. The smallest absolute Gasteiger partial charge is 0.383 e. The number of nitrogens with one attached hydrogen (secondary N) is 1. The van der Waals surface area contributed by atoms with Crippen LogP contribution in [0.1, 0.15) is 18.1 Å². The maximum Gasteiger partial charge on any atom is 0.406 e. The van der Waals surface area contributed by atoms with Gasteiger partial charge < -0.3 is 5.32 Å². The summed E-state index contributed by atoms with van der Waals surface area (Å²) in [6.45, 7) is 3.52. The molecule has 0 aromatic heterocycles. The molecule has 0 fully saturated rings. The van der Waals surface area contributed by atoms with Crippen molar-refractivity contribution in [2.45, 2.75) is 26.4 Å². The van der Waals surface area contributed by atoms with Gasteiger partial charge in [-0.15, -0.1) is 0 Å². The van der Waals surface area contributed by atoms with Crippen LogP contribution in [0.5, 0.6) is 0 Å². The number of nitriles is 1. The van der Waals surface area contributed by atoms with Gasteiger partial charge in [0.2, 0.25) is 0 Å². The maximum atomic E-state index is 12.4. The molecule has 0 aliphatic heterocycles. The van der Waals surface area contributed by atoms with Crippen molar-refractivity contribution >= 4 is 5.69 Å². The number of alkyl halides is 3. The van der Waals surface area contributed by atoms with Crippen molar-refractivity contribution in [2.75, 3.05) is 11.9 Å². The molecule has 0 saturated heterocycles. The highest BCUT2D eigenvalue weighted by atomic mass is 19.4. The van der Waals surface area contributed by atoms with Crippen LogP contribution in [0.3, 0.4) is 0 Å². The summed E-state index contributed by atoms with van der Waals surface area (Å²) in [5.41, 5.74) is 2.80. The van der Waals surface area contributed by atoms with Crippen LogP contribution in [-0.2, 0) is 6.42 Å². The van der Waals surface area contributed by atoms with Crippen molar-refractivity contribution < 1.29 is 13.2 Å². The van der Waals surface area contributed by atoms with Gasteiger partial charge in [0, 0.05) is 12.2 Å². The predicted octanol–water partition coefficient (Wildman–Crippen LogP) is 3.67. The lowest BCUT2D eigenvalue weighted by molar-refractivity contribution is -0.155. The average Bonchev–Trinajstić information content (AvgIpc) is 2.30. The van der Waals surface area contributed by atoms with Gasteiger partial charge >= 0.3 is 6.18 Å². The Morgan fingerprint density at radius 3 is 2.56 bits per heavy atom. The number of hydrogen-bond donors (Lipinski definition) is 1. The fourth-order valence-corrected chi connectivity index (χ4v) is 1.62. The number of anilines is 1. The zero-order valence-corrected chi connectivity index (χ0v) is 10.3. The first-order chi connectivity index (χ1) is 8.38. The lowest BCUT2D eigenvalue weighted by Crippen LogP contribution is -2.28. The second-order valence-electron chi connectivity index (χ2n) is 4.10. The molecule has 0 radical (unpaired) electrons. The fourth-order valence-electron chi connectivity index (χ4n) is 1.62. The Bertz CT molecular complexity index is 447. The molecule has 2 nitrogen and oxygen atoms in total. The first-order valence-corrected chi connectivity index (χ1v) is 5.68. The summed E-state index contributed by atoms with van der Waals surface area (Å²) in [7, 11) is 0. The van der Waals surface area contributed by atoms with Gasteiger partial charge in [0.05, 0.1) is 6.07 Å². The molecule has 0 heterocycles. The third kappa shape index (κ3) is 3.66. The summed E-state index contributed by atoms with van der Waals surface area (Å²) < 4.78 is 37.1. The first-order valence-electron chi connectivity index (χ1n) is 5.68. The summed E-state index contributed by atoms with van der Waals surface area (Å²) in [5.74, 6) is -1.98. The highest BCUT2D eigenvalue weighted by molar-refractivity contribution is 5.48. The molecule has 1 N–H and O–H groups in total. The van der Waals surface area contributed by atoms with Gasteiger partial charge in [-0.1, -0.05) is 13.0 Å². The van der Waals surface area contributed by atoms with E-state index in [2.05, 4.69) is 5.32 Å². The molecule has 18 heavy (non-hydrogen) atoms. The molecule has 1 aromatic carbocycles. The number of rotatable bonds is 4. The van der Waals surface area contributed by atoms with E-state index in [-0.39, 0.29) is 0 Å². The van der Waals surface area contributed by atoms with Gasteiger partial charge in [-0.25, -0.2) is 0 Å². The predicted molar refractivity (Wildman–Crippen MR) is 64.2 cm³/mol. The second kappa shape index (κ2) is 5.76. The van der Waals surface area contributed by atoms with Gasteiger partial charge in [-0.3, -0.25) is 0 Å². The van der Waals surface area contributed by atoms with E-state index in [0.717, 1.165) is 17.5 Å². The van der Waals surface area contributed by atoms with Crippen molar-refractivity contribution in [3.8, 4) is 6.07 Å². The fraction of sp³-hybridized carbons (Fsp3) is 0.462. The maximum absolute atomic E-state index is 12.4. The molecule has 0 saturated carbocycles. The molecule has 5 heteroatoms. The highest BCUT2D eigenvalue weighted by Crippen LogP contribution is 2.26. The van der Waals surface area contributed by atoms with Crippen LogP contribution in [0.2, 0.25) is 0 Å². The molecule has 1 atom stereocenters. The SMILES string of the molecule is CCc1cc(NCC(C#N)C(F)(F)F)ccc1C. The van der Waals surface area contributed by atoms with E-state index in [4.69, 9.17) is 5.26 Å². The monoisotopic (exact) mass is 256 g/mol. The van der Waals surface area contributed by atoms with Gasteiger partial charge in [0.1, 0.15) is 0 Å². The van der Waals surface area contributed by atoms with Crippen LogP contribution in [0.15, 0.2) is 18.2 Å².